The van der Waals surface area contributed by atoms with Crippen molar-refractivity contribution in [2.45, 2.75) is 31.2 Å². The third-order valence-corrected chi connectivity index (χ3v) is 6.45. The maximum Gasteiger partial charge on any atom is 0.410 e. The van der Waals surface area contributed by atoms with Crippen molar-refractivity contribution in [2.24, 2.45) is 0 Å². The van der Waals surface area contributed by atoms with Crippen molar-refractivity contribution in [1.29, 1.82) is 0 Å². The van der Waals surface area contributed by atoms with E-state index < -0.39 is 24.2 Å². The topological polar surface area (TPSA) is 76.8 Å². The standard InChI is InChI=1S/C24H19Cl2F3N6O/c25-16-7-6-15(18(26)8-16)12-34-13-17(11-30-34)31-23(36)20-10-22-32-19(14-4-2-1-3-5-14)9-21(24(27,28)29)35(22)33-20/h1-8,10-11,13,19,21,32H,9,12H2,(H,31,36)/t19-,21-/m1/s1. The zero-order chi connectivity index (χ0) is 25.4. The van der Waals surface area contributed by atoms with Gasteiger partial charge in [0.25, 0.3) is 5.91 Å². The van der Waals surface area contributed by atoms with Gasteiger partial charge in [-0.2, -0.15) is 23.4 Å². The Morgan fingerprint density at radius 3 is 2.64 bits per heavy atom. The highest BCUT2D eigenvalue weighted by Gasteiger charge is 2.46. The molecule has 2 N–H and O–H groups in total. The van der Waals surface area contributed by atoms with Crippen molar-refractivity contribution in [3.63, 3.8) is 0 Å². The number of carbonyl (C=O) groups is 1. The molecule has 1 aliphatic heterocycles. The van der Waals surface area contributed by atoms with Crippen LogP contribution in [0.25, 0.3) is 0 Å². The third kappa shape index (κ3) is 5.05. The molecular weight excluding hydrogens is 516 g/mol. The van der Waals surface area contributed by atoms with E-state index in [1.54, 1.807) is 59.4 Å². The summed E-state index contributed by atoms with van der Waals surface area (Å²) in [5.74, 6) is -0.532. The van der Waals surface area contributed by atoms with Gasteiger partial charge in [0.1, 0.15) is 5.82 Å². The van der Waals surface area contributed by atoms with E-state index in [0.717, 1.165) is 15.8 Å². The SMILES string of the molecule is O=C(Nc1cnn(Cc2ccc(Cl)cc2Cl)c1)c1cc2n(n1)[C@@H](C(F)(F)F)C[C@H](c1ccccc1)N2. The number of amides is 1. The molecule has 3 heterocycles. The van der Waals surface area contributed by atoms with Crippen LogP contribution in [-0.4, -0.2) is 31.6 Å². The maximum absolute atomic E-state index is 13.9. The Bertz CT molecular complexity index is 1400. The average Bonchev–Trinajstić information content (AvgIpc) is 3.47. The van der Waals surface area contributed by atoms with E-state index in [0.29, 0.717) is 22.3 Å². The average molecular weight is 535 g/mol. The summed E-state index contributed by atoms with van der Waals surface area (Å²) in [4.78, 5) is 12.8. The molecule has 0 spiro atoms. The number of hydrogen-bond acceptors (Lipinski definition) is 4. The van der Waals surface area contributed by atoms with Crippen LogP contribution in [0.2, 0.25) is 10.0 Å². The number of nitrogens with one attached hydrogen (secondary N) is 2. The van der Waals surface area contributed by atoms with Gasteiger partial charge in [0.2, 0.25) is 0 Å². The minimum atomic E-state index is -4.53. The first kappa shape index (κ1) is 24.2. The fourth-order valence-electron chi connectivity index (χ4n) is 4.12. The number of halogens is 5. The molecule has 2 atom stereocenters. The molecule has 4 aromatic rings. The minimum absolute atomic E-state index is 0.121. The number of anilines is 2. The van der Waals surface area contributed by atoms with Gasteiger partial charge in [-0.15, -0.1) is 0 Å². The summed E-state index contributed by atoms with van der Waals surface area (Å²) < 4.78 is 44.0. The Morgan fingerprint density at radius 1 is 1.14 bits per heavy atom. The Hall–Kier alpha value is -3.50. The molecule has 36 heavy (non-hydrogen) atoms. The van der Waals surface area contributed by atoms with E-state index in [9.17, 15) is 18.0 Å². The highest BCUT2D eigenvalue weighted by molar-refractivity contribution is 6.35. The smallest absolute Gasteiger partial charge is 0.363 e. The van der Waals surface area contributed by atoms with Crippen molar-refractivity contribution in [3.8, 4) is 0 Å². The molecule has 0 bridgehead atoms. The number of aromatic nitrogens is 4. The van der Waals surface area contributed by atoms with Crippen molar-refractivity contribution >= 4 is 40.6 Å². The zero-order valence-corrected chi connectivity index (χ0v) is 20.0. The number of rotatable bonds is 5. The molecule has 1 amide bonds. The highest BCUT2D eigenvalue weighted by Crippen LogP contribution is 2.43. The lowest BCUT2D eigenvalue weighted by molar-refractivity contribution is -0.173. The van der Waals surface area contributed by atoms with E-state index >= 15 is 0 Å². The number of hydrogen-bond donors (Lipinski definition) is 2. The van der Waals surface area contributed by atoms with Crippen LogP contribution in [-0.2, 0) is 6.54 Å². The van der Waals surface area contributed by atoms with Gasteiger partial charge in [0.15, 0.2) is 11.7 Å². The summed E-state index contributed by atoms with van der Waals surface area (Å²) in [6, 6.07) is 12.8. The van der Waals surface area contributed by atoms with E-state index in [4.69, 9.17) is 23.2 Å². The van der Waals surface area contributed by atoms with Crippen LogP contribution in [0.15, 0.2) is 67.0 Å². The Morgan fingerprint density at radius 2 is 1.92 bits per heavy atom. The van der Waals surface area contributed by atoms with Crippen molar-refractivity contribution < 1.29 is 18.0 Å². The van der Waals surface area contributed by atoms with Gasteiger partial charge in [0, 0.05) is 28.7 Å². The third-order valence-electron chi connectivity index (χ3n) is 5.86. The van der Waals surface area contributed by atoms with Gasteiger partial charge in [-0.1, -0.05) is 59.6 Å². The molecule has 0 fully saturated rings. The molecule has 5 rings (SSSR count). The van der Waals surface area contributed by atoms with Crippen LogP contribution in [0, 0.1) is 0 Å². The van der Waals surface area contributed by atoms with E-state index in [2.05, 4.69) is 20.8 Å². The summed E-state index contributed by atoms with van der Waals surface area (Å²) in [6.07, 6.45) is -1.77. The lowest BCUT2D eigenvalue weighted by Crippen LogP contribution is -2.35. The highest BCUT2D eigenvalue weighted by atomic mass is 35.5. The summed E-state index contributed by atoms with van der Waals surface area (Å²) in [6.45, 7) is 0.336. The van der Waals surface area contributed by atoms with Gasteiger partial charge in [-0.25, -0.2) is 4.68 Å². The molecule has 0 aliphatic carbocycles. The molecule has 0 saturated carbocycles. The predicted molar refractivity (Wildman–Crippen MR) is 130 cm³/mol. The first-order chi connectivity index (χ1) is 17.2. The molecule has 12 heteroatoms. The quantitative estimate of drug-likeness (QED) is 0.313. The first-order valence-corrected chi connectivity index (χ1v) is 11.7. The van der Waals surface area contributed by atoms with Crippen LogP contribution in [0.4, 0.5) is 24.7 Å². The normalized spacial score (nSPS) is 17.4. The Balaban J connectivity index is 1.34. The van der Waals surface area contributed by atoms with E-state index in [1.165, 1.54) is 12.3 Å². The van der Waals surface area contributed by atoms with Gasteiger partial charge in [-0.3, -0.25) is 9.48 Å². The fraction of sp³-hybridized carbons (Fsp3) is 0.208. The lowest BCUT2D eigenvalue weighted by Gasteiger charge is -2.33. The fourth-order valence-corrected chi connectivity index (χ4v) is 4.59. The molecule has 186 valence electrons. The number of alkyl halides is 3. The molecule has 7 nitrogen and oxygen atoms in total. The molecule has 0 unspecified atom stereocenters. The van der Waals surface area contributed by atoms with Crippen LogP contribution in [0.1, 0.15) is 40.1 Å². The monoisotopic (exact) mass is 534 g/mol. The Kier molecular flexibility index (Phi) is 6.40. The first-order valence-electron chi connectivity index (χ1n) is 10.9. The number of benzene rings is 2. The van der Waals surface area contributed by atoms with Crippen molar-refractivity contribution in [2.75, 3.05) is 10.6 Å². The number of fused-ring (bicyclic) bond motifs is 1. The molecule has 2 aromatic carbocycles. The van der Waals surface area contributed by atoms with Crippen LogP contribution in [0.5, 0.6) is 0 Å². The molecular formula is C24H19Cl2F3N6O. The Labute approximate surface area is 213 Å². The van der Waals surface area contributed by atoms with Crippen LogP contribution in [0.3, 0.4) is 0 Å². The molecule has 0 saturated heterocycles. The minimum Gasteiger partial charge on any atom is -0.363 e. The van der Waals surface area contributed by atoms with Gasteiger partial charge in [-0.05, 0) is 23.3 Å². The zero-order valence-electron chi connectivity index (χ0n) is 18.5. The summed E-state index contributed by atoms with van der Waals surface area (Å²) in [5, 5.41) is 14.9. The molecule has 2 aromatic heterocycles. The number of nitrogens with zero attached hydrogens (tertiary/aromatic N) is 4. The van der Waals surface area contributed by atoms with Crippen LogP contribution >= 0.6 is 23.2 Å². The largest absolute Gasteiger partial charge is 0.410 e. The van der Waals surface area contributed by atoms with Crippen molar-refractivity contribution in [1.82, 2.24) is 19.6 Å². The van der Waals surface area contributed by atoms with Crippen molar-refractivity contribution in [3.05, 3.63) is 93.9 Å². The van der Waals surface area contributed by atoms with Crippen LogP contribution < -0.4 is 10.6 Å². The lowest BCUT2D eigenvalue weighted by atomic mass is 9.97. The number of carbonyl (C=O) groups excluding carboxylic acids is 1. The molecule has 0 radical (unpaired) electrons. The van der Waals surface area contributed by atoms with E-state index in [1.807, 2.05) is 0 Å². The molecule has 1 aliphatic rings. The summed E-state index contributed by atoms with van der Waals surface area (Å²) in [7, 11) is 0. The van der Waals surface area contributed by atoms with Gasteiger partial charge < -0.3 is 10.6 Å². The van der Waals surface area contributed by atoms with Gasteiger partial charge >= 0.3 is 6.18 Å². The second-order valence-corrected chi connectivity index (χ2v) is 9.22. The van der Waals surface area contributed by atoms with Gasteiger partial charge in [0.05, 0.1) is 24.5 Å². The van der Waals surface area contributed by atoms with E-state index in [-0.39, 0.29) is 17.9 Å². The predicted octanol–water partition coefficient (Wildman–Crippen LogP) is 6.35. The maximum atomic E-state index is 13.9. The summed E-state index contributed by atoms with van der Waals surface area (Å²) in [5.41, 5.74) is 1.71. The second kappa shape index (κ2) is 9.51. The summed E-state index contributed by atoms with van der Waals surface area (Å²) >= 11 is 12.1. The second-order valence-electron chi connectivity index (χ2n) is 8.38.